The average Bonchev–Trinajstić information content (AvgIpc) is 3.08. The minimum absolute atomic E-state index is 0.0417. The van der Waals surface area contributed by atoms with Crippen molar-refractivity contribution in [3.05, 3.63) is 53.9 Å². The summed E-state index contributed by atoms with van der Waals surface area (Å²) in [4.78, 5) is 18.7. The molecule has 0 saturated carbocycles. The van der Waals surface area contributed by atoms with Gasteiger partial charge in [-0.15, -0.1) is 0 Å². The first-order chi connectivity index (χ1) is 11.4. The number of likely N-dealkylation sites (tertiary alicyclic amines) is 1. The van der Waals surface area contributed by atoms with Gasteiger partial charge < -0.3 is 10.2 Å². The molecule has 126 valence electrons. The molecule has 4 heteroatoms. The standard InChI is InChI=1S/C20H25N3O/c1-20(2,3)17-8-4-5-9-18(17)22-16-12-15(13-21-14-16)19(24)23-10-6-7-11-23/h4-5,8-9,12-14,22H,6-7,10-11H2,1-3H3. The summed E-state index contributed by atoms with van der Waals surface area (Å²) in [6, 6.07) is 10.2. The molecule has 0 radical (unpaired) electrons. The lowest BCUT2D eigenvalue weighted by molar-refractivity contribution is 0.0792. The number of rotatable bonds is 3. The Labute approximate surface area is 143 Å². The fraction of sp³-hybridized carbons (Fsp3) is 0.400. The van der Waals surface area contributed by atoms with Gasteiger partial charge in [0.15, 0.2) is 0 Å². The summed E-state index contributed by atoms with van der Waals surface area (Å²) in [5, 5.41) is 3.43. The number of nitrogens with zero attached hydrogens (tertiary/aromatic N) is 2. The quantitative estimate of drug-likeness (QED) is 0.913. The van der Waals surface area contributed by atoms with Gasteiger partial charge in [0, 0.05) is 25.0 Å². The van der Waals surface area contributed by atoms with Gasteiger partial charge in [-0.2, -0.15) is 0 Å². The molecule has 2 aromatic rings. The predicted molar refractivity (Wildman–Crippen MR) is 97.8 cm³/mol. The van der Waals surface area contributed by atoms with Crippen molar-refractivity contribution >= 4 is 17.3 Å². The third-order valence-electron chi connectivity index (χ3n) is 4.39. The Kier molecular flexibility index (Phi) is 4.56. The van der Waals surface area contributed by atoms with Crippen molar-refractivity contribution in [1.82, 2.24) is 9.88 Å². The summed E-state index contributed by atoms with van der Waals surface area (Å²) in [6.45, 7) is 8.28. The molecule has 0 spiro atoms. The molecule has 0 atom stereocenters. The van der Waals surface area contributed by atoms with E-state index in [2.05, 4.69) is 49.3 Å². The lowest BCUT2D eigenvalue weighted by Gasteiger charge is -2.23. The first-order valence-electron chi connectivity index (χ1n) is 8.56. The second-order valence-corrected chi connectivity index (χ2v) is 7.38. The van der Waals surface area contributed by atoms with Crippen LogP contribution in [-0.2, 0) is 5.41 Å². The zero-order valence-corrected chi connectivity index (χ0v) is 14.7. The van der Waals surface area contributed by atoms with Crippen molar-refractivity contribution in [3.8, 4) is 0 Å². The van der Waals surface area contributed by atoms with Crippen LogP contribution in [0.25, 0.3) is 0 Å². The maximum absolute atomic E-state index is 12.5. The third kappa shape index (κ3) is 3.58. The minimum Gasteiger partial charge on any atom is -0.354 e. The van der Waals surface area contributed by atoms with E-state index in [1.165, 1.54) is 5.56 Å². The largest absolute Gasteiger partial charge is 0.354 e. The number of hydrogen-bond acceptors (Lipinski definition) is 3. The van der Waals surface area contributed by atoms with Crippen LogP contribution in [0.1, 0.15) is 49.5 Å². The SMILES string of the molecule is CC(C)(C)c1ccccc1Nc1cncc(C(=O)N2CCCC2)c1. The van der Waals surface area contributed by atoms with Crippen molar-refractivity contribution in [3.63, 3.8) is 0 Å². The first kappa shape index (κ1) is 16.5. The van der Waals surface area contributed by atoms with E-state index in [9.17, 15) is 4.79 Å². The molecule has 3 rings (SSSR count). The van der Waals surface area contributed by atoms with E-state index < -0.39 is 0 Å². The molecule has 0 bridgehead atoms. The summed E-state index contributed by atoms with van der Waals surface area (Å²) in [5.74, 6) is 0.0766. The number of hydrogen-bond donors (Lipinski definition) is 1. The predicted octanol–water partition coefficient (Wildman–Crippen LogP) is 4.36. The molecular formula is C20H25N3O. The average molecular weight is 323 g/mol. The molecule has 0 aliphatic carbocycles. The van der Waals surface area contributed by atoms with Crippen LogP contribution in [0.3, 0.4) is 0 Å². The molecular weight excluding hydrogens is 298 g/mol. The van der Waals surface area contributed by atoms with Crippen molar-refractivity contribution in [1.29, 1.82) is 0 Å². The van der Waals surface area contributed by atoms with E-state index >= 15 is 0 Å². The van der Waals surface area contributed by atoms with E-state index in [-0.39, 0.29) is 11.3 Å². The van der Waals surface area contributed by atoms with E-state index in [0.717, 1.165) is 37.3 Å². The van der Waals surface area contributed by atoms with Gasteiger partial charge in [0.05, 0.1) is 17.4 Å². The van der Waals surface area contributed by atoms with Crippen molar-refractivity contribution in [2.75, 3.05) is 18.4 Å². The lowest BCUT2D eigenvalue weighted by Crippen LogP contribution is -2.27. The van der Waals surface area contributed by atoms with E-state index in [4.69, 9.17) is 0 Å². The van der Waals surface area contributed by atoms with Gasteiger partial charge in [-0.3, -0.25) is 9.78 Å². The highest BCUT2D eigenvalue weighted by atomic mass is 16.2. The van der Waals surface area contributed by atoms with Gasteiger partial charge in [0.1, 0.15) is 0 Å². The molecule has 1 saturated heterocycles. The van der Waals surface area contributed by atoms with Gasteiger partial charge in [-0.25, -0.2) is 0 Å². The van der Waals surface area contributed by atoms with Crippen LogP contribution in [-0.4, -0.2) is 28.9 Å². The Morgan fingerprint density at radius 3 is 2.54 bits per heavy atom. The zero-order valence-electron chi connectivity index (χ0n) is 14.7. The van der Waals surface area contributed by atoms with Crippen LogP contribution < -0.4 is 5.32 Å². The summed E-state index contributed by atoms with van der Waals surface area (Å²) >= 11 is 0. The smallest absolute Gasteiger partial charge is 0.255 e. The Morgan fingerprint density at radius 1 is 1.12 bits per heavy atom. The normalized spacial score (nSPS) is 14.7. The lowest BCUT2D eigenvalue weighted by atomic mass is 9.86. The molecule has 1 aromatic carbocycles. The van der Waals surface area contributed by atoms with Crippen LogP contribution in [0, 0.1) is 0 Å². The Bertz CT molecular complexity index is 728. The first-order valence-corrected chi connectivity index (χ1v) is 8.56. The summed E-state index contributed by atoms with van der Waals surface area (Å²) < 4.78 is 0. The van der Waals surface area contributed by atoms with Gasteiger partial charge in [-0.05, 0) is 36.0 Å². The number of carbonyl (C=O) groups excluding carboxylic acids is 1. The molecule has 0 unspecified atom stereocenters. The maximum Gasteiger partial charge on any atom is 0.255 e. The Balaban J connectivity index is 1.84. The second kappa shape index (κ2) is 6.63. The summed E-state index contributed by atoms with van der Waals surface area (Å²) in [5.41, 5.74) is 3.82. The topological polar surface area (TPSA) is 45.2 Å². The van der Waals surface area contributed by atoms with Crippen LogP contribution in [0.15, 0.2) is 42.7 Å². The maximum atomic E-state index is 12.5. The number of carbonyl (C=O) groups is 1. The molecule has 1 N–H and O–H groups in total. The van der Waals surface area contributed by atoms with Crippen LogP contribution in [0.4, 0.5) is 11.4 Å². The van der Waals surface area contributed by atoms with Crippen LogP contribution >= 0.6 is 0 Å². The van der Waals surface area contributed by atoms with Crippen LogP contribution in [0.5, 0.6) is 0 Å². The van der Waals surface area contributed by atoms with Gasteiger partial charge in [0.25, 0.3) is 5.91 Å². The monoisotopic (exact) mass is 323 g/mol. The minimum atomic E-state index is 0.0417. The van der Waals surface area contributed by atoms with E-state index in [0.29, 0.717) is 5.56 Å². The van der Waals surface area contributed by atoms with Gasteiger partial charge in [-0.1, -0.05) is 39.0 Å². The molecule has 2 heterocycles. The fourth-order valence-corrected chi connectivity index (χ4v) is 3.13. The number of para-hydroxylation sites is 1. The van der Waals surface area contributed by atoms with Gasteiger partial charge in [0.2, 0.25) is 0 Å². The Morgan fingerprint density at radius 2 is 1.83 bits per heavy atom. The highest BCUT2D eigenvalue weighted by Crippen LogP contribution is 2.31. The number of anilines is 2. The highest BCUT2D eigenvalue weighted by molar-refractivity contribution is 5.95. The molecule has 1 aromatic heterocycles. The van der Waals surface area contributed by atoms with Crippen molar-refractivity contribution in [2.45, 2.75) is 39.0 Å². The number of pyridine rings is 1. The fourth-order valence-electron chi connectivity index (χ4n) is 3.13. The molecule has 24 heavy (non-hydrogen) atoms. The highest BCUT2D eigenvalue weighted by Gasteiger charge is 2.21. The number of benzene rings is 1. The summed E-state index contributed by atoms with van der Waals surface area (Å²) in [6.07, 6.45) is 5.60. The van der Waals surface area contributed by atoms with Gasteiger partial charge >= 0.3 is 0 Å². The molecule has 1 aliphatic heterocycles. The molecule has 4 nitrogen and oxygen atoms in total. The zero-order chi connectivity index (χ0) is 17.2. The van der Waals surface area contributed by atoms with Crippen molar-refractivity contribution in [2.24, 2.45) is 0 Å². The summed E-state index contributed by atoms with van der Waals surface area (Å²) in [7, 11) is 0. The van der Waals surface area contributed by atoms with E-state index in [1.807, 2.05) is 17.0 Å². The molecule has 1 amide bonds. The Hall–Kier alpha value is -2.36. The molecule has 1 aliphatic rings. The number of nitrogens with one attached hydrogen (secondary N) is 1. The van der Waals surface area contributed by atoms with Crippen molar-refractivity contribution < 1.29 is 4.79 Å². The third-order valence-corrected chi connectivity index (χ3v) is 4.39. The number of aromatic nitrogens is 1. The van der Waals surface area contributed by atoms with Crippen LogP contribution in [0.2, 0.25) is 0 Å². The molecule has 1 fully saturated rings. The number of amides is 1. The van der Waals surface area contributed by atoms with E-state index in [1.54, 1.807) is 12.4 Å². The second-order valence-electron chi connectivity index (χ2n) is 7.38.